The number of aliphatic hydroxyl groups is 1. The van der Waals surface area contributed by atoms with E-state index in [0.29, 0.717) is 16.3 Å². The van der Waals surface area contributed by atoms with Gasteiger partial charge in [0.05, 0.1) is 17.3 Å². The molecule has 0 aromatic carbocycles. The first-order valence-electron chi connectivity index (χ1n) is 9.34. The van der Waals surface area contributed by atoms with Gasteiger partial charge in [-0.2, -0.15) is 0 Å². The van der Waals surface area contributed by atoms with Gasteiger partial charge in [0.25, 0.3) is 0 Å². The molecule has 0 aliphatic carbocycles. The fourth-order valence-corrected chi connectivity index (χ4v) is 3.77. The third kappa shape index (κ3) is 4.40. The van der Waals surface area contributed by atoms with Crippen molar-refractivity contribution < 1.29 is 14.7 Å². The Morgan fingerprint density at radius 3 is 2.69 bits per heavy atom. The molecule has 2 N–H and O–H groups in total. The Labute approximate surface area is 174 Å². The highest BCUT2D eigenvalue weighted by Crippen LogP contribution is 2.35. The molecule has 2 aromatic rings. The fourth-order valence-electron chi connectivity index (χ4n) is 3.60. The largest absolute Gasteiger partial charge is 0.391 e. The number of likely N-dealkylation sites (N-methyl/N-ethyl adjacent to an activating group) is 1. The number of nitrogens with zero attached hydrogens (tertiary/aromatic N) is 5. The van der Waals surface area contributed by atoms with Crippen LogP contribution >= 0.6 is 11.6 Å². The molecule has 1 aliphatic heterocycles. The van der Waals surface area contributed by atoms with E-state index in [1.807, 2.05) is 20.8 Å². The summed E-state index contributed by atoms with van der Waals surface area (Å²) in [5.74, 6) is -0.588. The second kappa shape index (κ2) is 8.08. The maximum absolute atomic E-state index is 13.5. The number of carbonyl (C=O) groups is 2. The molecule has 0 saturated carbocycles. The molecule has 2 amide bonds. The zero-order chi connectivity index (χ0) is 21.3. The van der Waals surface area contributed by atoms with Crippen LogP contribution in [0.25, 0.3) is 11.3 Å². The van der Waals surface area contributed by atoms with Crippen molar-refractivity contribution in [3.63, 3.8) is 0 Å². The van der Waals surface area contributed by atoms with E-state index in [-0.39, 0.29) is 24.8 Å². The molecule has 1 saturated heterocycles. The Morgan fingerprint density at radius 2 is 2.07 bits per heavy atom. The van der Waals surface area contributed by atoms with E-state index in [4.69, 9.17) is 11.6 Å². The minimum Gasteiger partial charge on any atom is -0.391 e. The quantitative estimate of drug-likeness (QED) is 0.770. The van der Waals surface area contributed by atoms with E-state index in [2.05, 4.69) is 20.6 Å². The van der Waals surface area contributed by atoms with Gasteiger partial charge in [-0.15, -0.1) is 5.10 Å². The van der Waals surface area contributed by atoms with Crippen molar-refractivity contribution in [1.82, 2.24) is 30.2 Å². The van der Waals surface area contributed by atoms with Gasteiger partial charge in [0.15, 0.2) is 0 Å². The van der Waals surface area contributed by atoms with Crippen LogP contribution in [-0.2, 0) is 9.59 Å². The minimum atomic E-state index is -0.745. The molecule has 2 aromatic heterocycles. The zero-order valence-corrected chi connectivity index (χ0v) is 17.6. The summed E-state index contributed by atoms with van der Waals surface area (Å²) in [6, 6.07) is 0.288. The summed E-state index contributed by atoms with van der Waals surface area (Å²) in [5.41, 5.74) is 0.699. The smallest absolute Gasteiger partial charge is 0.248 e. The summed E-state index contributed by atoms with van der Waals surface area (Å²) in [4.78, 5) is 31.2. The number of rotatable bonds is 4. The topological polar surface area (TPSA) is 113 Å². The summed E-state index contributed by atoms with van der Waals surface area (Å²) in [5, 5.41) is 21.5. The Hall–Kier alpha value is -2.52. The molecule has 3 heterocycles. The van der Waals surface area contributed by atoms with Gasteiger partial charge < -0.3 is 15.3 Å². The van der Waals surface area contributed by atoms with Gasteiger partial charge >= 0.3 is 0 Å². The molecule has 3 rings (SSSR count). The molecule has 10 heteroatoms. The van der Waals surface area contributed by atoms with Gasteiger partial charge in [-0.25, -0.2) is 4.68 Å². The summed E-state index contributed by atoms with van der Waals surface area (Å²) in [6.45, 7) is 5.85. The lowest BCUT2D eigenvalue weighted by atomic mass is 9.85. The third-order valence-corrected chi connectivity index (χ3v) is 5.15. The minimum absolute atomic E-state index is 0.100. The number of hydrogen-bond acceptors (Lipinski definition) is 6. The maximum Gasteiger partial charge on any atom is 0.248 e. The molecule has 3 atom stereocenters. The lowest BCUT2D eigenvalue weighted by molar-refractivity contribution is -0.144. The van der Waals surface area contributed by atoms with Crippen molar-refractivity contribution in [2.24, 2.45) is 5.41 Å². The second-order valence-electron chi connectivity index (χ2n) is 8.25. The normalized spacial score (nSPS) is 20.6. The number of aliphatic hydroxyl groups excluding tert-OH is 1. The van der Waals surface area contributed by atoms with E-state index >= 15 is 0 Å². The number of carbonyl (C=O) groups excluding carboxylic acids is 2. The monoisotopic (exact) mass is 420 g/mol. The van der Waals surface area contributed by atoms with Crippen LogP contribution in [0.4, 0.5) is 0 Å². The van der Waals surface area contributed by atoms with Crippen molar-refractivity contribution in [1.29, 1.82) is 0 Å². The van der Waals surface area contributed by atoms with Crippen LogP contribution in [0.5, 0.6) is 0 Å². The number of likely N-dealkylation sites (tertiary alicyclic amines) is 1. The SMILES string of the molecule is CNC(=O)C1CC(O)CN1C(=O)[C@@H](n1cc(-c2cncc(Cl)c2)nn1)C(C)(C)C. The number of halogens is 1. The van der Waals surface area contributed by atoms with E-state index in [9.17, 15) is 14.7 Å². The molecule has 0 spiro atoms. The van der Waals surface area contributed by atoms with Crippen molar-refractivity contribution in [3.05, 3.63) is 29.7 Å². The second-order valence-corrected chi connectivity index (χ2v) is 8.69. The van der Waals surface area contributed by atoms with Gasteiger partial charge in [0, 0.05) is 38.0 Å². The molecule has 2 unspecified atom stereocenters. The number of aromatic nitrogens is 4. The van der Waals surface area contributed by atoms with E-state index in [1.54, 1.807) is 18.5 Å². The maximum atomic E-state index is 13.5. The van der Waals surface area contributed by atoms with Gasteiger partial charge in [0.2, 0.25) is 11.8 Å². The fraction of sp³-hybridized carbons (Fsp3) is 0.526. The van der Waals surface area contributed by atoms with Crippen LogP contribution in [0.3, 0.4) is 0 Å². The first-order chi connectivity index (χ1) is 13.6. The van der Waals surface area contributed by atoms with Crippen molar-refractivity contribution >= 4 is 23.4 Å². The summed E-state index contributed by atoms with van der Waals surface area (Å²) in [7, 11) is 1.51. The Balaban J connectivity index is 1.95. The average molecular weight is 421 g/mol. The molecular formula is C19H25ClN6O3. The molecule has 0 radical (unpaired) electrons. The van der Waals surface area contributed by atoms with Gasteiger partial charge in [-0.3, -0.25) is 14.6 Å². The van der Waals surface area contributed by atoms with Crippen LogP contribution in [0.2, 0.25) is 5.02 Å². The summed E-state index contributed by atoms with van der Waals surface area (Å²) < 4.78 is 1.50. The van der Waals surface area contributed by atoms with Crippen LogP contribution in [0.1, 0.15) is 33.2 Å². The van der Waals surface area contributed by atoms with E-state index in [1.165, 1.54) is 22.8 Å². The van der Waals surface area contributed by atoms with Gasteiger partial charge in [0.1, 0.15) is 17.8 Å². The van der Waals surface area contributed by atoms with Gasteiger partial charge in [-0.1, -0.05) is 37.6 Å². The summed E-state index contributed by atoms with van der Waals surface area (Å²) in [6.07, 6.45) is 4.27. The lowest BCUT2D eigenvalue weighted by Crippen LogP contribution is -2.49. The highest BCUT2D eigenvalue weighted by atomic mass is 35.5. The lowest BCUT2D eigenvalue weighted by Gasteiger charge is -2.34. The first-order valence-corrected chi connectivity index (χ1v) is 9.72. The number of amides is 2. The molecule has 29 heavy (non-hydrogen) atoms. The van der Waals surface area contributed by atoms with Crippen LogP contribution in [0, 0.1) is 5.41 Å². The predicted octanol–water partition coefficient (Wildman–Crippen LogP) is 1.29. The van der Waals surface area contributed by atoms with Crippen molar-refractivity contribution in [2.45, 2.75) is 45.4 Å². The third-order valence-electron chi connectivity index (χ3n) is 4.94. The highest BCUT2D eigenvalue weighted by molar-refractivity contribution is 6.30. The van der Waals surface area contributed by atoms with Crippen LogP contribution < -0.4 is 5.32 Å². The molecule has 9 nitrogen and oxygen atoms in total. The highest BCUT2D eigenvalue weighted by Gasteiger charge is 2.45. The Morgan fingerprint density at radius 1 is 1.34 bits per heavy atom. The Kier molecular flexibility index (Phi) is 5.90. The predicted molar refractivity (Wildman–Crippen MR) is 107 cm³/mol. The van der Waals surface area contributed by atoms with Crippen LogP contribution in [0.15, 0.2) is 24.7 Å². The number of hydrogen-bond donors (Lipinski definition) is 2. The molecule has 0 bridgehead atoms. The number of nitrogens with one attached hydrogen (secondary N) is 1. The summed E-state index contributed by atoms with van der Waals surface area (Å²) >= 11 is 6.01. The van der Waals surface area contributed by atoms with E-state index in [0.717, 1.165) is 0 Å². The zero-order valence-electron chi connectivity index (χ0n) is 16.8. The van der Waals surface area contributed by atoms with Crippen LogP contribution in [-0.4, -0.2) is 67.5 Å². The molecular weight excluding hydrogens is 396 g/mol. The van der Waals surface area contributed by atoms with Crippen molar-refractivity contribution in [3.8, 4) is 11.3 Å². The van der Waals surface area contributed by atoms with Crippen molar-refractivity contribution in [2.75, 3.05) is 13.6 Å². The molecule has 1 aliphatic rings. The Bertz CT molecular complexity index is 909. The standard InChI is InChI=1S/C19H25ClN6O3/c1-19(2,3)16(18(29)25-9-13(27)6-15(25)17(28)21-4)26-10-14(23-24-26)11-5-12(20)8-22-7-11/h5,7-8,10,13,15-16,27H,6,9H2,1-4H3,(H,21,28)/t13?,15?,16-/m1/s1. The molecule has 156 valence electrons. The molecule has 1 fully saturated rings. The average Bonchev–Trinajstić information content (AvgIpc) is 3.27. The number of pyridine rings is 1. The van der Waals surface area contributed by atoms with Gasteiger partial charge in [-0.05, 0) is 11.5 Å². The van der Waals surface area contributed by atoms with E-state index < -0.39 is 23.6 Å². The number of β-amino-alcohol motifs (C(OH)–C–C–N with tert-alkyl or cyclic N) is 1. The first kappa shape index (κ1) is 21.2.